The van der Waals surface area contributed by atoms with Crippen LogP contribution in [0, 0.1) is 0 Å². The molecular weight excluding hydrogens is 330 g/mol. The van der Waals surface area contributed by atoms with Crippen molar-refractivity contribution in [1.29, 1.82) is 0 Å². The van der Waals surface area contributed by atoms with E-state index in [9.17, 15) is 9.59 Å². The van der Waals surface area contributed by atoms with Gasteiger partial charge in [0.2, 0.25) is 0 Å². The number of nitrogens with one attached hydrogen (secondary N) is 1. The topological polar surface area (TPSA) is 64.6 Å². The van der Waals surface area contributed by atoms with E-state index < -0.39 is 6.09 Å². The summed E-state index contributed by atoms with van der Waals surface area (Å²) < 4.78 is 9.88. The van der Waals surface area contributed by atoms with Gasteiger partial charge in [-0.05, 0) is 6.42 Å². The fraction of sp³-hybridized carbons (Fsp3) is 0.810. The van der Waals surface area contributed by atoms with Crippen molar-refractivity contribution in [3.8, 4) is 0 Å². The lowest BCUT2D eigenvalue weighted by Crippen LogP contribution is -2.27. The summed E-state index contributed by atoms with van der Waals surface area (Å²) in [5.74, 6) is -0.280. The van der Waals surface area contributed by atoms with Crippen LogP contribution in [-0.4, -0.2) is 31.8 Å². The zero-order valence-corrected chi connectivity index (χ0v) is 16.7. The minimum absolute atomic E-state index is 0.162. The number of ether oxygens (including phenoxy) is 2. The van der Waals surface area contributed by atoms with Gasteiger partial charge in [-0.25, -0.2) is 4.79 Å². The first-order valence-corrected chi connectivity index (χ1v) is 10.4. The van der Waals surface area contributed by atoms with E-state index in [-0.39, 0.29) is 25.5 Å². The van der Waals surface area contributed by atoms with Gasteiger partial charge in [-0.2, -0.15) is 0 Å². The summed E-state index contributed by atoms with van der Waals surface area (Å²) in [6.45, 7) is 6.56. The molecule has 0 radical (unpaired) electrons. The first-order chi connectivity index (χ1) is 12.7. The molecule has 0 aliphatic rings. The van der Waals surface area contributed by atoms with E-state index in [0.717, 1.165) is 12.8 Å². The van der Waals surface area contributed by atoms with Gasteiger partial charge in [0.1, 0.15) is 6.61 Å². The summed E-state index contributed by atoms with van der Waals surface area (Å²) >= 11 is 0. The van der Waals surface area contributed by atoms with E-state index in [0.29, 0.717) is 6.61 Å². The highest BCUT2D eigenvalue weighted by atomic mass is 16.5. The first kappa shape index (κ1) is 24.5. The lowest BCUT2D eigenvalue weighted by atomic mass is 10.1. The summed E-state index contributed by atoms with van der Waals surface area (Å²) in [6, 6.07) is 0. The Balaban J connectivity index is 3.23. The van der Waals surface area contributed by atoms with Crippen LogP contribution in [0.4, 0.5) is 4.79 Å². The first-order valence-electron chi connectivity index (χ1n) is 10.4. The minimum Gasteiger partial charge on any atom is -0.466 e. The Labute approximate surface area is 159 Å². The van der Waals surface area contributed by atoms with Gasteiger partial charge in [0, 0.05) is 6.54 Å². The molecule has 0 spiro atoms. The van der Waals surface area contributed by atoms with Crippen LogP contribution < -0.4 is 5.32 Å². The van der Waals surface area contributed by atoms with Crippen molar-refractivity contribution in [2.24, 2.45) is 0 Å². The lowest BCUT2D eigenvalue weighted by molar-refractivity contribution is -0.143. The van der Waals surface area contributed by atoms with Gasteiger partial charge in [0.25, 0.3) is 0 Å². The molecule has 1 N–H and O–H groups in total. The molecule has 0 unspecified atom stereocenters. The molecule has 26 heavy (non-hydrogen) atoms. The summed E-state index contributed by atoms with van der Waals surface area (Å²) in [7, 11) is 0. The molecule has 0 heterocycles. The minimum atomic E-state index is -0.543. The Morgan fingerprint density at radius 3 is 1.92 bits per heavy atom. The van der Waals surface area contributed by atoms with Crippen LogP contribution in [0.15, 0.2) is 12.7 Å². The van der Waals surface area contributed by atoms with Crippen molar-refractivity contribution in [1.82, 2.24) is 5.32 Å². The Bertz CT molecular complexity index is 358. The normalized spacial score (nSPS) is 10.3. The van der Waals surface area contributed by atoms with Gasteiger partial charge in [0.05, 0.1) is 13.0 Å². The zero-order chi connectivity index (χ0) is 19.3. The molecule has 0 saturated heterocycles. The Hall–Kier alpha value is -1.52. The molecule has 5 heteroatoms. The molecular formula is C21H39NO4. The highest BCUT2D eigenvalue weighted by Gasteiger charge is 2.05. The van der Waals surface area contributed by atoms with E-state index in [2.05, 4.69) is 18.8 Å². The van der Waals surface area contributed by atoms with Crippen molar-refractivity contribution < 1.29 is 19.1 Å². The lowest BCUT2D eigenvalue weighted by Gasteiger charge is -2.06. The summed E-state index contributed by atoms with van der Waals surface area (Å²) in [5.41, 5.74) is 0. The standard InChI is InChI=1S/C21H39NO4/c1-3-5-6-7-8-9-10-11-12-13-14-15-19-25-20(23)16-17-22-21(24)26-18-4-2/h4H,2-3,5-19H2,1H3,(H,22,24). The third-order valence-electron chi connectivity index (χ3n) is 4.19. The quantitative estimate of drug-likeness (QED) is 0.196. The fourth-order valence-electron chi connectivity index (χ4n) is 2.65. The number of hydrogen-bond donors (Lipinski definition) is 1. The van der Waals surface area contributed by atoms with Gasteiger partial charge in [-0.1, -0.05) is 90.2 Å². The van der Waals surface area contributed by atoms with Crippen LogP contribution >= 0.6 is 0 Å². The van der Waals surface area contributed by atoms with Gasteiger partial charge in [-0.15, -0.1) is 0 Å². The molecule has 0 aliphatic heterocycles. The Morgan fingerprint density at radius 2 is 1.38 bits per heavy atom. The summed E-state index contributed by atoms with van der Waals surface area (Å²) in [4.78, 5) is 22.6. The van der Waals surface area contributed by atoms with E-state index in [1.165, 1.54) is 70.3 Å². The maximum Gasteiger partial charge on any atom is 0.407 e. The largest absolute Gasteiger partial charge is 0.466 e. The zero-order valence-electron chi connectivity index (χ0n) is 16.7. The number of carbonyl (C=O) groups is 2. The van der Waals surface area contributed by atoms with E-state index in [1.807, 2.05) is 0 Å². The van der Waals surface area contributed by atoms with Crippen molar-refractivity contribution in [2.75, 3.05) is 19.8 Å². The molecule has 0 aliphatic carbocycles. The average molecular weight is 370 g/mol. The highest BCUT2D eigenvalue weighted by Crippen LogP contribution is 2.11. The highest BCUT2D eigenvalue weighted by molar-refractivity contribution is 5.71. The van der Waals surface area contributed by atoms with Crippen molar-refractivity contribution in [3.05, 3.63) is 12.7 Å². The number of amides is 1. The van der Waals surface area contributed by atoms with Crippen LogP contribution in [0.3, 0.4) is 0 Å². The van der Waals surface area contributed by atoms with Gasteiger partial charge < -0.3 is 14.8 Å². The number of hydrogen-bond acceptors (Lipinski definition) is 4. The number of alkyl carbamates (subject to hydrolysis) is 1. The van der Waals surface area contributed by atoms with Crippen LogP contribution in [-0.2, 0) is 14.3 Å². The Morgan fingerprint density at radius 1 is 0.846 bits per heavy atom. The molecule has 0 fully saturated rings. The summed E-state index contributed by atoms with van der Waals surface area (Å²) in [5, 5.41) is 2.49. The second-order valence-electron chi connectivity index (χ2n) is 6.67. The van der Waals surface area contributed by atoms with Gasteiger partial charge in [-0.3, -0.25) is 4.79 Å². The molecule has 0 atom stereocenters. The van der Waals surface area contributed by atoms with Crippen molar-refractivity contribution in [2.45, 2.75) is 90.4 Å². The monoisotopic (exact) mass is 369 g/mol. The van der Waals surface area contributed by atoms with Crippen molar-refractivity contribution in [3.63, 3.8) is 0 Å². The number of rotatable bonds is 18. The van der Waals surface area contributed by atoms with Crippen LogP contribution in [0.25, 0.3) is 0 Å². The molecule has 0 aromatic rings. The van der Waals surface area contributed by atoms with E-state index in [1.54, 1.807) is 0 Å². The predicted molar refractivity (Wildman–Crippen MR) is 106 cm³/mol. The third kappa shape index (κ3) is 18.8. The maximum absolute atomic E-state index is 11.5. The number of esters is 1. The molecule has 0 bridgehead atoms. The maximum atomic E-state index is 11.5. The summed E-state index contributed by atoms with van der Waals surface area (Å²) in [6.07, 6.45) is 16.5. The SMILES string of the molecule is C=CCOC(=O)NCCC(=O)OCCCCCCCCCCCCCC. The fourth-order valence-corrected chi connectivity index (χ4v) is 2.65. The van der Waals surface area contributed by atoms with Gasteiger partial charge >= 0.3 is 12.1 Å². The Kier molecular flexibility index (Phi) is 18.6. The number of carbonyl (C=O) groups excluding carboxylic acids is 2. The smallest absolute Gasteiger partial charge is 0.407 e. The number of unbranched alkanes of at least 4 members (excludes halogenated alkanes) is 11. The van der Waals surface area contributed by atoms with Crippen molar-refractivity contribution >= 4 is 12.1 Å². The second-order valence-corrected chi connectivity index (χ2v) is 6.67. The van der Waals surface area contributed by atoms with Crippen LogP contribution in [0.5, 0.6) is 0 Å². The third-order valence-corrected chi connectivity index (χ3v) is 4.19. The predicted octanol–water partition coefficient (Wildman–Crippen LogP) is 5.53. The molecule has 1 amide bonds. The molecule has 0 saturated carbocycles. The van der Waals surface area contributed by atoms with E-state index in [4.69, 9.17) is 9.47 Å². The van der Waals surface area contributed by atoms with Gasteiger partial charge in [0.15, 0.2) is 0 Å². The average Bonchev–Trinajstić information content (AvgIpc) is 2.63. The molecule has 0 aromatic carbocycles. The molecule has 0 rings (SSSR count). The second kappa shape index (κ2) is 19.8. The molecule has 5 nitrogen and oxygen atoms in total. The van der Waals surface area contributed by atoms with Crippen LogP contribution in [0.1, 0.15) is 90.4 Å². The molecule has 0 aromatic heterocycles. The van der Waals surface area contributed by atoms with Crippen LogP contribution in [0.2, 0.25) is 0 Å². The van der Waals surface area contributed by atoms with E-state index >= 15 is 0 Å². The molecule has 152 valence electrons.